The zero-order valence-corrected chi connectivity index (χ0v) is 15.0. The zero-order chi connectivity index (χ0) is 16.4. The predicted octanol–water partition coefficient (Wildman–Crippen LogP) is 1.68. The van der Waals surface area contributed by atoms with Gasteiger partial charge in [-0.05, 0) is 47.1 Å². The lowest BCUT2D eigenvalue weighted by atomic mass is 10.1. The number of nitrogens with zero attached hydrogens (tertiary/aromatic N) is 5. The Morgan fingerprint density at radius 2 is 1.91 bits per heavy atom. The molecule has 2 aliphatic heterocycles. The van der Waals surface area contributed by atoms with Crippen LogP contribution in [0.5, 0.6) is 0 Å². The van der Waals surface area contributed by atoms with E-state index in [-0.39, 0.29) is 0 Å². The van der Waals surface area contributed by atoms with Crippen molar-refractivity contribution < 1.29 is 4.74 Å². The van der Waals surface area contributed by atoms with Crippen LogP contribution in [0.3, 0.4) is 0 Å². The van der Waals surface area contributed by atoms with Crippen LogP contribution < -0.4 is 0 Å². The number of rotatable bonds is 5. The van der Waals surface area contributed by atoms with Crippen molar-refractivity contribution in [3.8, 4) is 0 Å². The van der Waals surface area contributed by atoms with Crippen LogP contribution in [-0.4, -0.2) is 69.2 Å². The topological polar surface area (TPSA) is 46.4 Å². The van der Waals surface area contributed by atoms with Crippen LogP contribution in [0, 0.1) is 6.92 Å². The van der Waals surface area contributed by atoms with Crippen LogP contribution in [0.4, 0.5) is 0 Å². The van der Waals surface area contributed by atoms with Gasteiger partial charge in [-0.3, -0.25) is 9.80 Å². The molecule has 0 aliphatic carbocycles. The summed E-state index contributed by atoms with van der Waals surface area (Å²) in [5.41, 5.74) is 2.22. The molecule has 6 heteroatoms. The quantitative estimate of drug-likeness (QED) is 0.826. The van der Waals surface area contributed by atoms with E-state index in [1.807, 2.05) is 0 Å². The Bertz CT molecular complexity index is 507. The maximum absolute atomic E-state index is 5.86. The molecule has 1 aromatic rings. The van der Waals surface area contributed by atoms with E-state index in [0.717, 1.165) is 44.1 Å². The summed E-state index contributed by atoms with van der Waals surface area (Å²) in [5.74, 6) is 0. The number of aryl methyl sites for hydroxylation is 2. The molecule has 1 aromatic heterocycles. The first-order valence-electron chi connectivity index (χ1n) is 9.07. The summed E-state index contributed by atoms with van der Waals surface area (Å²) < 4.78 is 5.86. The molecule has 3 atom stereocenters. The Morgan fingerprint density at radius 3 is 2.57 bits per heavy atom. The smallest absolute Gasteiger partial charge is 0.0996 e. The SMILES string of the molecule is CCn1nc(C)c(CN2CCCC2CN2CC(C)OC(C)C2)n1. The van der Waals surface area contributed by atoms with E-state index in [1.54, 1.807) is 4.80 Å². The maximum atomic E-state index is 5.86. The van der Waals surface area contributed by atoms with E-state index in [0.29, 0.717) is 18.2 Å². The second-order valence-electron chi connectivity index (χ2n) is 7.16. The summed E-state index contributed by atoms with van der Waals surface area (Å²) >= 11 is 0. The van der Waals surface area contributed by atoms with E-state index in [1.165, 1.54) is 19.4 Å². The number of likely N-dealkylation sites (tertiary alicyclic amines) is 1. The van der Waals surface area contributed by atoms with Crippen LogP contribution in [0.2, 0.25) is 0 Å². The van der Waals surface area contributed by atoms with Crippen molar-refractivity contribution in [3.05, 3.63) is 11.4 Å². The van der Waals surface area contributed by atoms with Crippen molar-refractivity contribution >= 4 is 0 Å². The molecule has 23 heavy (non-hydrogen) atoms. The molecule has 0 aromatic carbocycles. The van der Waals surface area contributed by atoms with E-state index < -0.39 is 0 Å². The van der Waals surface area contributed by atoms with E-state index in [9.17, 15) is 0 Å². The third-order valence-electron chi connectivity index (χ3n) is 5.02. The summed E-state index contributed by atoms with van der Waals surface area (Å²) in [5, 5.41) is 9.11. The first kappa shape index (κ1) is 16.9. The Kier molecular flexibility index (Phi) is 5.34. The van der Waals surface area contributed by atoms with Gasteiger partial charge in [0, 0.05) is 32.2 Å². The molecule has 0 amide bonds. The first-order valence-corrected chi connectivity index (χ1v) is 9.07. The van der Waals surface area contributed by atoms with Gasteiger partial charge < -0.3 is 4.74 Å². The van der Waals surface area contributed by atoms with Crippen LogP contribution >= 0.6 is 0 Å². The average Bonchev–Trinajstić information content (AvgIpc) is 3.06. The van der Waals surface area contributed by atoms with E-state index in [4.69, 9.17) is 4.74 Å². The molecule has 2 fully saturated rings. The van der Waals surface area contributed by atoms with Gasteiger partial charge in [-0.15, -0.1) is 0 Å². The van der Waals surface area contributed by atoms with Gasteiger partial charge in [-0.2, -0.15) is 15.0 Å². The van der Waals surface area contributed by atoms with Gasteiger partial charge in [0.2, 0.25) is 0 Å². The second-order valence-corrected chi connectivity index (χ2v) is 7.16. The van der Waals surface area contributed by atoms with Crippen molar-refractivity contribution in [2.24, 2.45) is 0 Å². The maximum Gasteiger partial charge on any atom is 0.0996 e. The van der Waals surface area contributed by atoms with Crippen LogP contribution in [0.15, 0.2) is 0 Å². The van der Waals surface area contributed by atoms with Crippen molar-refractivity contribution in [1.29, 1.82) is 0 Å². The van der Waals surface area contributed by atoms with Gasteiger partial charge in [-0.25, -0.2) is 0 Å². The molecule has 0 bridgehead atoms. The first-order chi connectivity index (χ1) is 11.0. The molecule has 6 nitrogen and oxygen atoms in total. The van der Waals surface area contributed by atoms with Gasteiger partial charge in [0.15, 0.2) is 0 Å². The highest BCUT2D eigenvalue weighted by molar-refractivity contribution is 5.07. The number of aromatic nitrogens is 3. The van der Waals surface area contributed by atoms with Gasteiger partial charge in [0.05, 0.1) is 30.1 Å². The number of hydrogen-bond acceptors (Lipinski definition) is 5. The highest BCUT2D eigenvalue weighted by Crippen LogP contribution is 2.22. The fourth-order valence-corrected chi connectivity index (χ4v) is 3.99. The Morgan fingerprint density at radius 1 is 1.17 bits per heavy atom. The highest BCUT2D eigenvalue weighted by Gasteiger charge is 2.30. The molecule has 2 aliphatic rings. The number of morpholine rings is 1. The largest absolute Gasteiger partial charge is 0.373 e. The number of ether oxygens (including phenoxy) is 1. The lowest BCUT2D eigenvalue weighted by Gasteiger charge is -2.38. The molecule has 130 valence electrons. The van der Waals surface area contributed by atoms with Crippen molar-refractivity contribution in [2.75, 3.05) is 26.2 Å². The molecule has 0 N–H and O–H groups in total. The van der Waals surface area contributed by atoms with Gasteiger partial charge in [0.1, 0.15) is 0 Å². The van der Waals surface area contributed by atoms with E-state index in [2.05, 4.69) is 47.7 Å². The highest BCUT2D eigenvalue weighted by atomic mass is 16.5. The Labute approximate surface area is 139 Å². The minimum atomic E-state index is 0.348. The minimum absolute atomic E-state index is 0.348. The summed E-state index contributed by atoms with van der Waals surface area (Å²) in [6, 6.07) is 0.638. The normalized spacial score (nSPS) is 30.2. The van der Waals surface area contributed by atoms with Crippen molar-refractivity contribution in [3.63, 3.8) is 0 Å². The summed E-state index contributed by atoms with van der Waals surface area (Å²) in [6.45, 7) is 14.7. The summed E-state index contributed by atoms with van der Waals surface area (Å²) in [4.78, 5) is 6.99. The van der Waals surface area contributed by atoms with Gasteiger partial charge in [-0.1, -0.05) is 0 Å². The molecule has 3 heterocycles. The van der Waals surface area contributed by atoms with Crippen LogP contribution in [0.1, 0.15) is 45.0 Å². The van der Waals surface area contributed by atoms with Crippen LogP contribution in [-0.2, 0) is 17.8 Å². The minimum Gasteiger partial charge on any atom is -0.373 e. The fraction of sp³-hybridized carbons (Fsp3) is 0.882. The fourth-order valence-electron chi connectivity index (χ4n) is 3.99. The summed E-state index contributed by atoms with van der Waals surface area (Å²) in [6.07, 6.45) is 3.28. The molecule has 0 spiro atoms. The second kappa shape index (κ2) is 7.28. The van der Waals surface area contributed by atoms with Gasteiger partial charge >= 0.3 is 0 Å². The number of hydrogen-bond donors (Lipinski definition) is 0. The predicted molar refractivity (Wildman–Crippen MR) is 90.3 cm³/mol. The van der Waals surface area contributed by atoms with Crippen molar-refractivity contribution in [1.82, 2.24) is 24.8 Å². The van der Waals surface area contributed by atoms with E-state index >= 15 is 0 Å². The van der Waals surface area contributed by atoms with Crippen molar-refractivity contribution in [2.45, 2.75) is 71.9 Å². The van der Waals surface area contributed by atoms with Gasteiger partial charge in [0.25, 0.3) is 0 Å². The molecule has 3 rings (SSSR count). The molecule has 3 unspecified atom stereocenters. The third kappa shape index (κ3) is 4.11. The Hall–Kier alpha value is -0.980. The summed E-state index contributed by atoms with van der Waals surface area (Å²) in [7, 11) is 0. The average molecular weight is 321 g/mol. The monoisotopic (exact) mass is 321 g/mol. The van der Waals surface area contributed by atoms with Crippen LogP contribution in [0.25, 0.3) is 0 Å². The lowest BCUT2D eigenvalue weighted by molar-refractivity contribution is -0.0724. The molecule has 0 radical (unpaired) electrons. The molecular formula is C17H31N5O. The Balaban J connectivity index is 1.60. The molecule has 0 saturated carbocycles. The molecule has 2 saturated heterocycles. The molecular weight excluding hydrogens is 290 g/mol. The standard InChI is InChI=1S/C17H31N5O/c1-5-22-18-15(4)17(19-22)12-21-8-6-7-16(21)11-20-9-13(2)23-14(3)10-20/h13-14,16H,5-12H2,1-4H3. The third-order valence-corrected chi connectivity index (χ3v) is 5.02. The zero-order valence-electron chi connectivity index (χ0n) is 15.0. The lowest BCUT2D eigenvalue weighted by Crippen LogP contribution is -2.50.